The lowest BCUT2D eigenvalue weighted by molar-refractivity contribution is -0.0559. The summed E-state index contributed by atoms with van der Waals surface area (Å²) in [6.07, 6.45) is 0.140. The minimum atomic E-state index is 0.0629. The quantitative estimate of drug-likeness (QED) is 0.724. The molecule has 1 saturated heterocycles. The average Bonchev–Trinajstić information content (AvgIpc) is 2.37. The number of halogens is 2. The fourth-order valence-electron chi connectivity index (χ4n) is 2.26. The number of amides is 1. The van der Waals surface area contributed by atoms with Gasteiger partial charge in [0, 0.05) is 22.9 Å². The largest absolute Gasteiger partial charge is 0.371 e. The van der Waals surface area contributed by atoms with E-state index in [9.17, 15) is 4.79 Å². The normalized spacial score (nSPS) is 23.5. The summed E-state index contributed by atoms with van der Waals surface area (Å²) in [5, 5.41) is 0.746. The summed E-state index contributed by atoms with van der Waals surface area (Å²) in [6, 6.07) is 5.81. The summed E-state index contributed by atoms with van der Waals surface area (Å²) in [5.41, 5.74) is 1.85. The van der Waals surface area contributed by atoms with Crippen LogP contribution in [0, 0.1) is 6.92 Å². The Morgan fingerprint density at radius 1 is 1.47 bits per heavy atom. The van der Waals surface area contributed by atoms with E-state index in [0.717, 1.165) is 15.4 Å². The molecule has 2 rings (SSSR count). The number of hydrogen-bond acceptors (Lipinski definition) is 2. The summed E-state index contributed by atoms with van der Waals surface area (Å²) in [7, 11) is 0. The van der Waals surface area contributed by atoms with Crippen LogP contribution in [0.3, 0.4) is 0 Å². The molecular formula is C14H17Br2NO2. The van der Waals surface area contributed by atoms with Gasteiger partial charge in [0.25, 0.3) is 5.91 Å². The molecule has 1 aliphatic rings. The van der Waals surface area contributed by atoms with Crippen LogP contribution in [0.15, 0.2) is 22.7 Å². The van der Waals surface area contributed by atoms with E-state index < -0.39 is 0 Å². The van der Waals surface area contributed by atoms with Crippen molar-refractivity contribution in [3.05, 3.63) is 33.8 Å². The summed E-state index contributed by atoms with van der Waals surface area (Å²) in [6.45, 7) is 5.29. The Balaban J connectivity index is 2.18. The Morgan fingerprint density at radius 2 is 2.21 bits per heavy atom. The fraction of sp³-hybridized carbons (Fsp3) is 0.500. The third-order valence-electron chi connectivity index (χ3n) is 3.14. The Hall–Kier alpha value is -0.390. The Labute approximate surface area is 130 Å². The van der Waals surface area contributed by atoms with Gasteiger partial charge in [-0.25, -0.2) is 0 Å². The van der Waals surface area contributed by atoms with Gasteiger partial charge in [-0.2, -0.15) is 0 Å². The van der Waals surface area contributed by atoms with Gasteiger partial charge in [0.2, 0.25) is 0 Å². The highest BCUT2D eigenvalue weighted by Crippen LogP contribution is 2.22. The number of carbonyl (C=O) groups excluding carboxylic acids is 1. The SMILES string of the molecule is Cc1ccc(C(=O)N2CC(C)OC(CBr)C2)c(Br)c1. The molecule has 1 aromatic carbocycles. The predicted molar refractivity (Wildman–Crippen MR) is 82.9 cm³/mol. The number of morpholine rings is 1. The number of benzene rings is 1. The molecule has 1 fully saturated rings. The summed E-state index contributed by atoms with van der Waals surface area (Å²) < 4.78 is 6.60. The molecule has 2 unspecified atom stereocenters. The van der Waals surface area contributed by atoms with E-state index >= 15 is 0 Å². The number of hydrogen-bond donors (Lipinski definition) is 0. The van der Waals surface area contributed by atoms with Crippen LogP contribution in [0.1, 0.15) is 22.8 Å². The zero-order valence-corrected chi connectivity index (χ0v) is 14.2. The first-order valence-electron chi connectivity index (χ1n) is 6.28. The first-order chi connectivity index (χ1) is 9.01. The van der Waals surface area contributed by atoms with Gasteiger partial charge in [-0.3, -0.25) is 4.79 Å². The van der Waals surface area contributed by atoms with Crippen molar-refractivity contribution in [1.82, 2.24) is 4.90 Å². The van der Waals surface area contributed by atoms with Gasteiger partial charge < -0.3 is 9.64 Å². The maximum Gasteiger partial charge on any atom is 0.255 e. The van der Waals surface area contributed by atoms with Crippen LogP contribution < -0.4 is 0 Å². The van der Waals surface area contributed by atoms with E-state index in [2.05, 4.69) is 31.9 Å². The minimum Gasteiger partial charge on any atom is -0.371 e. The van der Waals surface area contributed by atoms with Gasteiger partial charge in [-0.15, -0.1) is 0 Å². The number of nitrogens with zero attached hydrogens (tertiary/aromatic N) is 1. The monoisotopic (exact) mass is 389 g/mol. The minimum absolute atomic E-state index is 0.0629. The standard InChI is InChI=1S/C14H17Br2NO2/c1-9-3-4-12(13(16)5-9)14(18)17-7-10(2)19-11(6-15)8-17/h3-5,10-11H,6-8H2,1-2H3. The second-order valence-corrected chi connectivity index (χ2v) is 6.42. The maximum absolute atomic E-state index is 12.6. The number of ether oxygens (including phenoxy) is 1. The van der Waals surface area contributed by atoms with Crippen molar-refractivity contribution in [2.24, 2.45) is 0 Å². The first-order valence-corrected chi connectivity index (χ1v) is 8.19. The zero-order valence-electron chi connectivity index (χ0n) is 11.0. The predicted octanol–water partition coefficient (Wildman–Crippen LogP) is 3.38. The smallest absolute Gasteiger partial charge is 0.255 e. The lowest BCUT2D eigenvalue weighted by Gasteiger charge is -2.36. The van der Waals surface area contributed by atoms with Crippen molar-refractivity contribution < 1.29 is 9.53 Å². The van der Waals surface area contributed by atoms with Crippen molar-refractivity contribution in [3.8, 4) is 0 Å². The molecule has 3 nitrogen and oxygen atoms in total. The molecule has 1 aromatic rings. The lowest BCUT2D eigenvalue weighted by Crippen LogP contribution is -2.49. The van der Waals surface area contributed by atoms with E-state index in [1.165, 1.54) is 0 Å². The fourth-order valence-corrected chi connectivity index (χ4v) is 3.28. The van der Waals surface area contributed by atoms with E-state index in [-0.39, 0.29) is 18.1 Å². The van der Waals surface area contributed by atoms with Crippen molar-refractivity contribution in [1.29, 1.82) is 0 Å². The molecule has 1 heterocycles. The van der Waals surface area contributed by atoms with Gasteiger partial charge in [-0.1, -0.05) is 22.0 Å². The van der Waals surface area contributed by atoms with Crippen LogP contribution in [0.4, 0.5) is 0 Å². The van der Waals surface area contributed by atoms with Crippen molar-refractivity contribution >= 4 is 37.8 Å². The number of alkyl halides is 1. The Morgan fingerprint density at radius 3 is 2.84 bits per heavy atom. The molecule has 0 spiro atoms. The van der Waals surface area contributed by atoms with Crippen molar-refractivity contribution in [3.63, 3.8) is 0 Å². The summed E-state index contributed by atoms with van der Waals surface area (Å²) in [4.78, 5) is 14.4. The van der Waals surface area contributed by atoms with Crippen LogP contribution in [0.5, 0.6) is 0 Å². The van der Waals surface area contributed by atoms with E-state index in [0.29, 0.717) is 18.7 Å². The van der Waals surface area contributed by atoms with E-state index in [1.54, 1.807) is 0 Å². The number of aryl methyl sites for hydroxylation is 1. The second-order valence-electron chi connectivity index (χ2n) is 4.92. The number of rotatable bonds is 2. The molecule has 19 heavy (non-hydrogen) atoms. The Bertz CT molecular complexity index is 479. The highest BCUT2D eigenvalue weighted by Gasteiger charge is 2.29. The average molecular weight is 391 g/mol. The molecule has 0 aliphatic carbocycles. The number of carbonyl (C=O) groups is 1. The third-order valence-corrected chi connectivity index (χ3v) is 4.52. The molecule has 0 radical (unpaired) electrons. The molecule has 0 aromatic heterocycles. The highest BCUT2D eigenvalue weighted by atomic mass is 79.9. The molecule has 2 atom stereocenters. The first kappa shape index (κ1) is 15.0. The van der Waals surface area contributed by atoms with Crippen LogP contribution in [-0.2, 0) is 4.74 Å². The lowest BCUT2D eigenvalue weighted by atomic mass is 10.1. The molecule has 1 amide bonds. The second kappa shape index (κ2) is 6.37. The van der Waals surface area contributed by atoms with E-state index in [4.69, 9.17) is 4.74 Å². The van der Waals surface area contributed by atoms with Crippen LogP contribution in [-0.4, -0.2) is 41.4 Å². The molecule has 5 heteroatoms. The topological polar surface area (TPSA) is 29.5 Å². The van der Waals surface area contributed by atoms with Gasteiger partial charge in [0.1, 0.15) is 0 Å². The molecular weight excluding hydrogens is 374 g/mol. The van der Waals surface area contributed by atoms with Crippen molar-refractivity contribution in [2.45, 2.75) is 26.1 Å². The molecule has 1 aliphatic heterocycles. The van der Waals surface area contributed by atoms with Gasteiger partial charge in [0.05, 0.1) is 17.8 Å². The van der Waals surface area contributed by atoms with E-state index in [1.807, 2.05) is 36.9 Å². The van der Waals surface area contributed by atoms with Crippen molar-refractivity contribution in [2.75, 3.05) is 18.4 Å². The maximum atomic E-state index is 12.6. The highest BCUT2D eigenvalue weighted by molar-refractivity contribution is 9.10. The summed E-state index contributed by atoms with van der Waals surface area (Å²) >= 11 is 6.90. The molecule has 0 N–H and O–H groups in total. The van der Waals surface area contributed by atoms with Gasteiger partial charge in [-0.05, 0) is 47.5 Å². The van der Waals surface area contributed by atoms with Gasteiger partial charge >= 0.3 is 0 Å². The summed E-state index contributed by atoms with van der Waals surface area (Å²) in [5.74, 6) is 0.0629. The zero-order chi connectivity index (χ0) is 14.0. The molecule has 0 saturated carbocycles. The van der Waals surface area contributed by atoms with Gasteiger partial charge in [0.15, 0.2) is 0 Å². The van der Waals surface area contributed by atoms with Crippen LogP contribution in [0.2, 0.25) is 0 Å². The third kappa shape index (κ3) is 3.58. The molecule has 104 valence electrons. The molecule has 0 bridgehead atoms. The Kier molecular flexibility index (Phi) is 5.03. The van der Waals surface area contributed by atoms with Crippen LogP contribution in [0.25, 0.3) is 0 Å². The van der Waals surface area contributed by atoms with Crippen LogP contribution >= 0.6 is 31.9 Å².